The van der Waals surface area contributed by atoms with E-state index in [0.29, 0.717) is 5.69 Å². The Morgan fingerprint density at radius 2 is 2.00 bits per heavy atom. The maximum absolute atomic E-state index is 11.8. The van der Waals surface area contributed by atoms with Crippen molar-refractivity contribution in [2.75, 3.05) is 0 Å². The number of hydrogen-bond donors (Lipinski definition) is 1. The van der Waals surface area contributed by atoms with Crippen LogP contribution in [0.3, 0.4) is 0 Å². The normalized spacial score (nSPS) is 11.5. The third kappa shape index (κ3) is 6.49. The number of pyridine rings is 1. The van der Waals surface area contributed by atoms with Crippen LogP contribution >= 0.6 is 0 Å². The van der Waals surface area contributed by atoms with Gasteiger partial charge in [0.1, 0.15) is 0 Å². The minimum Gasteiger partial charge on any atom is -0.445 e. The summed E-state index contributed by atoms with van der Waals surface area (Å²) in [6.07, 6.45) is 0.944. The van der Waals surface area contributed by atoms with Crippen LogP contribution in [0, 0.1) is 0 Å². The summed E-state index contributed by atoms with van der Waals surface area (Å²) in [5.74, 6) is 0.211. The molecule has 0 radical (unpaired) electrons. The van der Waals surface area contributed by atoms with Crippen LogP contribution in [0.2, 0.25) is 0 Å². The molecule has 0 aliphatic carbocycles. The van der Waals surface area contributed by atoms with E-state index in [-0.39, 0.29) is 69.6 Å². The van der Waals surface area contributed by atoms with Crippen molar-refractivity contribution >= 4 is 13.1 Å². The minimum absolute atomic E-state index is 0. The first-order valence-corrected chi connectivity index (χ1v) is 4.06. The molecular formula is C8H9BF3KN2. The van der Waals surface area contributed by atoms with Crippen LogP contribution in [0.25, 0.3) is 6.08 Å². The molecule has 0 amide bonds. The number of hydrogen-bond acceptors (Lipinski definition) is 2. The molecule has 1 rings (SSSR count). The summed E-state index contributed by atoms with van der Waals surface area (Å²) >= 11 is 0. The van der Waals surface area contributed by atoms with E-state index in [1.807, 2.05) is 0 Å². The predicted molar refractivity (Wildman–Crippen MR) is 50.2 cm³/mol. The summed E-state index contributed by atoms with van der Waals surface area (Å²) in [7, 11) is 0. The van der Waals surface area contributed by atoms with E-state index in [2.05, 4.69) is 4.98 Å². The monoisotopic (exact) mass is 240 g/mol. The summed E-state index contributed by atoms with van der Waals surface area (Å²) in [5, 5.41) is 0. The van der Waals surface area contributed by atoms with E-state index in [9.17, 15) is 12.9 Å². The molecule has 0 saturated heterocycles. The fourth-order valence-corrected chi connectivity index (χ4v) is 0.912. The van der Waals surface area contributed by atoms with Crippen molar-refractivity contribution in [2.24, 2.45) is 5.73 Å². The fraction of sp³-hybridized carbons (Fsp3) is 0.125. The van der Waals surface area contributed by atoms with Crippen molar-refractivity contribution in [1.29, 1.82) is 0 Å². The molecule has 1 aromatic heterocycles. The van der Waals surface area contributed by atoms with Crippen LogP contribution in [0.15, 0.2) is 24.2 Å². The molecule has 0 aromatic carbocycles. The molecule has 76 valence electrons. The first-order chi connectivity index (χ1) is 6.51. The molecule has 2 N–H and O–H groups in total. The molecule has 15 heavy (non-hydrogen) atoms. The maximum Gasteiger partial charge on any atom is 1.00 e. The maximum atomic E-state index is 11.8. The van der Waals surface area contributed by atoms with Gasteiger partial charge in [-0.1, -0.05) is 12.1 Å². The van der Waals surface area contributed by atoms with Gasteiger partial charge in [0, 0.05) is 6.54 Å². The van der Waals surface area contributed by atoms with Crippen molar-refractivity contribution < 1.29 is 64.3 Å². The average Bonchev–Trinajstić information content (AvgIpc) is 2.14. The molecular weight excluding hydrogens is 231 g/mol. The van der Waals surface area contributed by atoms with Crippen molar-refractivity contribution in [3.63, 3.8) is 0 Å². The van der Waals surface area contributed by atoms with Gasteiger partial charge >= 0.3 is 58.4 Å². The topological polar surface area (TPSA) is 38.9 Å². The number of aromatic nitrogens is 1. The van der Waals surface area contributed by atoms with Gasteiger partial charge in [-0.15, -0.1) is 5.98 Å². The van der Waals surface area contributed by atoms with Crippen molar-refractivity contribution in [1.82, 2.24) is 4.98 Å². The molecule has 0 aliphatic heterocycles. The predicted octanol–water partition coefficient (Wildman–Crippen LogP) is -1.06. The molecule has 0 spiro atoms. The Bertz CT molecular complexity index is 341. The van der Waals surface area contributed by atoms with Crippen LogP contribution in [0.4, 0.5) is 12.9 Å². The van der Waals surface area contributed by atoms with Gasteiger partial charge in [-0.25, -0.2) is 0 Å². The zero-order valence-corrected chi connectivity index (χ0v) is 11.5. The van der Waals surface area contributed by atoms with Gasteiger partial charge < -0.3 is 18.7 Å². The van der Waals surface area contributed by atoms with Gasteiger partial charge in [-0.05, 0) is 12.1 Å². The van der Waals surface area contributed by atoms with Gasteiger partial charge in [0.05, 0.1) is 11.4 Å². The molecule has 2 nitrogen and oxygen atoms in total. The van der Waals surface area contributed by atoms with Crippen LogP contribution in [0.5, 0.6) is 0 Å². The zero-order valence-electron chi connectivity index (χ0n) is 8.33. The standard InChI is InChI=1S/C8H9BF3N2.K/c10-9(11,12)5-4-7-2-1-3-8(6-13)14-7;/h1-5H,6,13H2;/q-1;+1/b5-4+;. The van der Waals surface area contributed by atoms with E-state index in [1.165, 1.54) is 6.07 Å². The number of rotatable bonds is 3. The van der Waals surface area contributed by atoms with E-state index in [0.717, 1.165) is 6.08 Å². The molecule has 7 heteroatoms. The first-order valence-electron chi connectivity index (χ1n) is 4.06. The Morgan fingerprint density at radius 1 is 1.33 bits per heavy atom. The molecule has 0 atom stereocenters. The van der Waals surface area contributed by atoms with E-state index >= 15 is 0 Å². The quantitative estimate of drug-likeness (QED) is 0.684. The Hall–Kier alpha value is 0.341. The SMILES string of the molecule is NCc1cccc(/C=C/[B-](F)(F)F)n1.[K+]. The second-order valence-corrected chi connectivity index (χ2v) is 2.74. The van der Waals surface area contributed by atoms with Gasteiger partial charge in [0.2, 0.25) is 0 Å². The molecule has 0 unspecified atom stereocenters. The van der Waals surface area contributed by atoms with Gasteiger partial charge in [0.15, 0.2) is 0 Å². The summed E-state index contributed by atoms with van der Waals surface area (Å²) in [6, 6.07) is 4.78. The van der Waals surface area contributed by atoms with Gasteiger partial charge in [0.25, 0.3) is 0 Å². The molecule has 0 aliphatic rings. The summed E-state index contributed by atoms with van der Waals surface area (Å²) in [5.41, 5.74) is 6.14. The fourth-order valence-electron chi connectivity index (χ4n) is 0.912. The Kier molecular flexibility index (Phi) is 6.98. The molecule has 0 fully saturated rings. The average molecular weight is 240 g/mol. The van der Waals surface area contributed by atoms with Crippen molar-refractivity contribution in [3.8, 4) is 0 Å². The summed E-state index contributed by atoms with van der Waals surface area (Å²) < 4.78 is 35.5. The number of nitrogens with two attached hydrogens (primary N) is 1. The zero-order chi connectivity index (χ0) is 10.6. The van der Waals surface area contributed by atoms with Gasteiger partial charge in [-0.3, -0.25) is 4.98 Å². The minimum atomic E-state index is -4.90. The summed E-state index contributed by atoms with van der Waals surface area (Å²) in [4.78, 5) is 3.89. The number of nitrogens with zero attached hydrogens (tertiary/aromatic N) is 1. The summed E-state index contributed by atoms with van der Waals surface area (Å²) in [6.45, 7) is -4.68. The van der Waals surface area contributed by atoms with Gasteiger partial charge in [-0.2, -0.15) is 0 Å². The van der Waals surface area contributed by atoms with E-state index in [1.54, 1.807) is 12.1 Å². The third-order valence-electron chi connectivity index (χ3n) is 1.52. The second-order valence-electron chi connectivity index (χ2n) is 2.74. The largest absolute Gasteiger partial charge is 1.00 e. The first kappa shape index (κ1) is 15.3. The van der Waals surface area contributed by atoms with E-state index in [4.69, 9.17) is 5.73 Å². The Morgan fingerprint density at radius 3 is 2.53 bits per heavy atom. The molecule has 0 saturated carbocycles. The van der Waals surface area contributed by atoms with E-state index < -0.39 is 6.98 Å². The van der Waals surface area contributed by atoms with Crippen LogP contribution in [0.1, 0.15) is 11.4 Å². The van der Waals surface area contributed by atoms with Crippen LogP contribution < -0.4 is 57.1 Å². The Labute approximate surface area is 129 Å². The van der Waals surface area contributed by atoms with Crippen molar-refractivity contribution in [3.05, 3.63) is 35.6 Å². The second kappa shape index (κ2) is 6.82. The van der Waals surface area contributed by atoms with Crippen LogP contribution in [-0.2, 0) is 6.54 Å². The Balaban J connectivity index is 0.00000196. The van der Waals surface area contributed by atoms with Crippen LogP contribution in [-0.4, -0.2) is 12.0 Å². The smallest absolute Gasteiger partial charge is 0.445 e. The molecule has 1 aromatic rings. The molecule has 0 bridgehead atoms. The molecule has 1 heterocycles. The third-order valence-corrected chi connectivity index (χ3v) is 1.52. The van der Waals surface area contributed by atoms with Crippen molar-refractivity contribution in [2.45, 2.75) is 6.54 Å². The number of halogens is 3.